The first-order valence-corrected chi connectivity index (χ1v) is 4.60. The van der Waals surface area contributed by atoms with Crippen molar-refractivity contribution in [3.8, 4) is 0 Å². The fourth-order valence-corrected chi connectivity index (χ4v) is 1.43. The van der Waals surface area contributed by atoms with Crippen LogP contribution >= 0.6 is 15.9 Å². The second kappa shape index (κ2) is 4.60. The Kier molecular flexibility index (Phi) is 3.72. The third-order valence-corrected chi connectivity index (χ3v) is 2.23. The summed E-state index contributed by atoms with van der Waals surface area (Å²) in [5, 5.41) is 11.4. The fraction of sp³-hybridized carbons (Fsp3) is 0.333. The molecule has 0 radical (unpaired) electrons. The molecule has 1 aromatic carbocycles. The maximum atomic E-state index is 8.56. The third kappa shape index (κ3) is 2.59. The zero-order valence-electron chi connectivity index (χ0n) is 6.97. The van der Waals surface area contributed by atoms with Gasteiger partial charge in [-0.05, 0) is 30.2 Å². The van der Waals surface area contributed by atoms with Gasteiger partial charge < -0.3 is 5.11 Å². The molecule has 2 N–H and O–H groups in total. The van der Waals surface area contributed by atoms with Crippen LogP contribution in [0.4, 0.5) is 0 Å². The lowest BCUT2D eigenvalue weighted by Gasteiger charge is -2.05. The molecule has 0 fully saturated rings. The summed E-state index contributed by atoms with van der Waals surface area (Å²) in [7, 11) is 0. The number of aliphatic hydroxyl groups excluding tert-OH is 1. The van der Waals surface area contributed by atoms with E-state index in [1.807, 2.05) is 6.07 Å². The minimum Gasteiger partial charge on any atom is -0.381 e. The molecule has 0 spiro atoms. The van der Waals surface area contributed by atoms with Gasteiger partial charge in [0.2, 0.25) is 0 Å². The lowest BCUT2D eigenvalue weighted by molar-refractivity contribution is 0.259. The van der Waals surface area contributed by atoms with E-state index in [2.05, 4.69) is 40.3 Å². The van der Waals surface area contributed by atoms with E-state index in [-0.39, 0.29) is 6.73 Å². The number of benzene rings is 1. The molecule has 2 nitrogen and oxygen atoms in total. The topological polar surface area (TPSA) is 32.3 Å². The highest BCUT2D eigenvalue weighted by Crippen LogP contribution is 2.15. The quantitative estimate of drug-likeness (QED) is 0.776. The molecule has 0 bridgehead atoms. The van der Waals surface area contributed by atoms with Crippen molar-refractivity contribution >= 4 is 15.9 Å². The van der Waals surface area contributed by atoms with Crippen LogP contribution in [0, 0.1) is 6.92 Å². The Morgan fingerprint density at radius 2 is 2.25 bits per heavy atom. The van der Waals surface area contributed by atoms with Crippen molar-refractivity contribution in [3.63, 3.8) is 0 Å². The maximum Gasteiger partial charge on any atom is 0.0934 e. The fourth-order valence-electron chi connectivity index (χ4n) is 1.02. The first-order valence-electron chi connectivity index (χ1n) is 3.80. The second-order valence-corrected chi connectivity index (χ2v) is 3.57. The molecule has 0 unspecified atom stereocenters. The molecule has 12 heavy (non-hydrogen) atoms. The number of hydrogen-bond donors (Lipinski definition) is 2. The first kappa shape index (κ1) is 9.71. The van der Waals surface area contributed by atoms with Crippen LogP contribution in [-0.4, -0.2) is 11.8 Å². The Balaban J connectivity index is 2.75. The van der Waals surface area contributed by atoms with Gasteiger partial charge in [-0.15, -0.1) is 0 Å². The number of aliphatic hydroxyl groups is 1. The Bertz CT molecular complexity index is 263. The average molecular weight is 230 g/mol. The zero-order valence-corrected chi connectivity index (χ0v) is 8.56. The summed E-state index contributed by atoms with van der Waals surface area (Å²) in [6.07, 6.45) is 0. The molecule has 0 aromatic heterocycles. The number of aryl methyl sites for hydroxylation is 1. The van der Waals surface area contributed by atoms with Gasteiger partial charge in [0.05, 0.1) is 6.73 Å². The number of nitrogens with one attached hydrogen (secondary N) is 1. The lowest BCUT2D eigenvalue weighted by atomic mass is 10.1. The molecule has 0 atom stereocenters. The summed E-state index contributed by atoms with van der Waals surface area (Å²) in [4.78, 5) is 0. The Labute approximate surface area is 80.7 Å². The highest BCUT2D eigenvalue weighted by Gasteiger charge is 1.97. The molecule has 0 amide bonds. The van der Waals surface area contributed by atoms with Gasteiger partial charge in [-0.2, -0.15) is 0 Å². The van der Waals surface area contributed by atoms with Gasteiger partial charge in [-0.1, -0.05) is 22.0 Å². The normalized spacial score (nSPS) is 10.2. The van der Waals surface area contributed by atoms with Crippen molar-refractivity contribution in [2.45, 2.75) is 13.5 Å². The summed E-state index contributed by atoms with van der Waals surface area (Å²) < 4.78 is 1.07. The molecule has 66 valence electrons. The molecule has 1 rings (SSSR count). The molecule has 3 heteroatoms. The van der Waals surface area contributed by atoms with E-state index in [1.165, 1.54) is 11.1 Å². The lowest BCUT2D eigenvalue weighted by Crippen LogP contribution is -2.14. The van der Waals surface area contributed by atoms with Crippen LogP contribution in [0.15, 0.2) is 22.7 Å². The molecular weight excluding hydrogens is 218 g/mol. The molecular formula is C9H12BrNO. The molecule has 0 aliphatic rings. The van der Waals surface area contributed by atoms with Crippen molar-refractivity contribution in [2.75, 3.05) is 6.73 Å². The summed E-state index contributed by atoms with van der Waals surface area (Å²) in [6, 6.07) is 6.12. The van der Waals surface area contributed by atoms with Crippen molar-refractivity contribution in [1.82, 2.24) is 5.32 Å². The minimum absolute atomic E-state index is 0.0198. The first-order chi connectivity index (χ1) is 5.74. The standard InChI is InChI=1S/C9H12BrNO/c1-7-2-3-9(10)4-8(7)5-11-6-12/h2-4,11-12H,5-6H2,1H3. The zero-order chi connectivity index (χ0) is 8.97. The second-order valence-electron chi connectivity index (χ2n) is 2.66. The van der Waals surface area contributed by atoms with Crippen molar-refractivity contribution in [1.29, 1.82) is 0 Å². The number of halogens is 1. The van der Waals surface area contributed by atoms with Crippen LogP contribution in [0.2, 0.25) is 0 Å². The third-order valence-electron chi connectivity index (χ3n) is 1.74. The van der Waals surface area contributed by atoms with Crippen molar-refractivity contribution in [3.05, 3.63) is 33.8 Å². The average Bonchev–Trinajstić information content (AvgIpc) is 2.07. The van der Waals surface area contributed by atoms with Crippen molar-refractivity contribution in [2.24, 2.45) is 0 Å². The summed E-state index contributed by atoms with van der Waals surface area (Å²) in [6.45, 7) is 2.79. The van der Waals surface area contributed by atoms with E-state index in [1.54, 1.807) is 0 Å². The Hall–Kier alpha value is -0.380. The monoisotopic (exact) mass is 229 g/mol. The Morgan fingerprint density at radius 1 is 1.50 bits per heavy atom. The van der Waals surface area contributed by atoms with E-state index in [0.717, 1.165) is 4.47 Å². The van der Waals surface area contributed by atoms with Gasteiger partial charge in [0, 0.05) is 11.0 Å². The largest absolute Gasteiger partial charge is 0.381 e. The van der Waals surface area contributed by atoms with E-state index >= 15 is 0 Å². The van der Waals surface area contributed by atoms with Crippen LogP contribution in [-0.2, 0) is 6.54 Å². The summed E-state index contributed by atoms with van der Waals surface area (Å²) >= 11 is 3.40. The predicted molar refractivity (Wildman–Crippen MR) is 52.8 cm³/mol. The van der Waals surface area contributed by atoms with Gasteiger partial charge in [0.15, 0.2) is 0 Å². The maximum absolute atomic E-state index is 8.56. The van der Waals surface area contributed by atoms with Crippen LogP contribution in [0.1, 0.15) is 11.1 Å². The van der Waals surface area contributed by atoms with Crippen LogP contribution in [0.25, 0.3) is 0 Å². The summed E-state index contributed by atoms with van der Waals surface area (Å²) in [5.41, 5.74) is 2.44. The molecule has 0 heterocycles. The highest BCUT2D eigenvalue weighted by atomic mass is 79.9. The highest BCUT2D eigenvalue weighted by molar-refractivity contribution is 9.10. The summed E-state index contributed by atoms with van der Waals surface area (Å²) in [5.74, 6) is 0. The van der Waals surface area contributed by atoms with E-state index in [0.29, 0.717) is 6.54 Å². The molecule has 0 aliphatic heterocycles. The van der Waals surface area contributed by atoms with Gasteiger partial charge in [0.1, 0.15) is 0 Å². The van der Waals surface area contributed by atoms with E-state index in [9.17, 15) is 0 Å². The van der Waals surface area contributed by atoms with Gasteiger partial charge in [-0.25, -0.2) is 0 Å². The molecule has 0 saturated carbocycles. The Morgan fingerprint density at radius 3 is 2.92 bits per heavy atom. The molecule has 1 aromatic rings. The van der Waals surface area contributed by atoms with E-state index < -0.39 is 0 Å². The smallest absolute Gasteiger partial charge is 0.0934 e. The number of hydrogen-bond acceptors (Lipinski definition) is 2. The number of rotatable bonds is 3. The van der Waals surface area contributed by atoms with E-state index in [4.69, 9.17) is 5.11 Å². The van der Waals surface area contributed by atoms with Crippen LogP contribution in [0.5, 0.6) is 0 Å². The van der Waals surface area contributed by atoms with Gasteiger partial charge >= 0.3 is 0 Å². The molecule has 0 saturated heterocycles. The van der Waals surface area contributed by atoms with Crippen LogP contribution < -0.4 is 5.32 Å². The SMILES string of the molecule is Cc1ccc(Br)cc1CNCO. The minimum atomic E-state index is 0.0198. The predicted octanol–water partition coefficient (Wildman–Crippen LogP) is 1.80. The molecule has 0 aliphatic carbocycles. The van der Waals surface area contributed by atoms with Crippen molar-refractivity contribution < 1.29 is 5.11 Å². The van der Waals surface area contributed by atoms with Gasteiger partial charge in [0.25, 0.3) is 0 Å². The van der Waals surface area contributed by atoms with Crippen LogP contribution in [0.3, 0.4) is 0 Å². The van der Waals surface area contributed by atoms with Gasteiger partial charge in [-0.3, -0.25) is 5.32 Å².